The Balaban J connectivity index is 2.11. The van der Waals surface area contributed by atoms with Crippen LogP contribution in [-0.2, 0) is 4.74 Å². The van der Waals surface area contributed by atoms with Gasteiger partial charge in [0, 0.05) is 18.7 Å². The van der Waals surface area contributed by atoms with Crippen LogP contribution < -0.4 is 0 Å². The summed E-state index contributed by atoms with van der Waals surface area (Å²) in [7, 11) is 0. The molecule has 0 aliphatic carbocycles. The molecule has 1 aliphatic rings. The minimum absolute atomic E-state index is 0.170. The van der Waals surface area contributed by atoms with Gasteiger partial charge in [-0.25, -0.2) is 0 Å². The molecule has 1 aliphatic heterocycles. The second kappa shape index (κ2) is 8.23. The van der Waals surface area contributed by atoms with Crippen molar-refractivity contribution in [2.75, 3.05) is 26.3 Å². The molecule has 0 aromatic heterocycles. The number of ether oxygens (including phenoxy) is 1. The van der Waals surface area contributed by atoms with Gasteiger partial charge in [0.25, 0.3) is 0 Å². The molecule has 2 nitrogen and oxygen atoms in total. The molecule has 1 heterocycles. The van der Waals surface area contributed by atoms with E-state index in [9.17, 15) is 13.2 Å². The average Bonchev–Trinajstić information content (AvgIpc) is 2.66. The van der Waals surface area contributed by atoms with E-state index in [0.717, 1.165) is 5.56 Å². The summed E-state index contributed by atoms with van der Waals surface area (Å²) in [5.41, 5.74) is 0.950. The molecule has 5 heteroatoms. The molecule has 0 atom stereocenters. The van der Waals surface area contributed by atoms with Crippen molar-refractivity contribution in [3.05, 3.63) is 83.6 Å². The quantitative estimate of drug-likeness (QED) is 0.712. The van der Waals surface area contributed by atoms with Gasteiger partial charge in [0.05, 0.1) is 13.2 Å². The van der Waals surface area contributed by atoms with E-state index in [4.69, 9.17) is 4.74 Å². The Morgan fingerprint density at radius 1 is 0.885 bits per heavy atom. The third-order valence-corrected chi connectivity index (χ3v) is 4.18. The van der Waals surface area contributed by atoms with Gasteiger partial charge in [-0.1, -0.05) is 72.8 Å². The van der Waals surface area contributed by atoms with Gasteiger partial charge in [-0.15, -0.1) is 0 Å². The lowest BCUT2D eigenvalue weighted by atomic mass is 10.0. The Morgan fingerprint density at radius 3 is 2.04 bits per heavy atom. The molecule has 0 saturated carbocycles. The molecule has 0 unspecified atom stereocenters. The first-order chi connectivity index (χ1) is 12.6. The van der Waals surface area contributed by atoms with Gasteiger partial charge in [-0.2, -0.15) is 13.2 Å². The molecular weight excluding hydrogens is 339 g/mol. The lowest BCUT2D eigenvalue weighted by Gasteiger charge is -2.33. The molecule has 26 heavy (non-hydrogen) atoms. The third-order valence-electron chi connectivity index (χ3n) is 4.18. The van der Waals surface area contributed by atoms with Crippen LogP contribution in [0, 0.1) is 0 Å². The molecule has 2 aromatic rings. The largest absolute Gasteiger partial charge is 0.431 e. The van der Waals surface area contributed by atoms with E-state index in [1.165, 1.54) is 4.90 Å². The monoisotopic (exact) mass is 359 g/mol. The zero-order valence-electron chi connectivity index (χ0n) is 14.2. The number of hydrogen-bond donors (Lipinski definition) is 0. The summed E-state index contributed by atoms with van der Waals surface area (Å²) in [5.74, 6) is 0. The Hall–Kier alpha value is -2.53. The molecule has 0 bridgehead atoms. The van der Waals surface area contributed by atoms with E-state index in [1.807, 2.05) is 30.3 Å². The smallest absolute Gasteiger partial charge is 0.378 e. The lowest BCUT2D eigenvalue weighted by Crippen LogP contribution is -2.40. The number of morpholine rings is 1. The average molecular weight is 359 g/mol. The summed E-state index contributed by atoms with van der Waals surface area (Å²) in [6.07, 6.45) is -1.18. The van der Waals surface area contributed by atoms with Gasteiger partial charge < -0.3 is 9.64 Å². The van der Waals surface area contributed by atoms with Gasteiger partial charge in [0.2, 0.25) is 0 Å². The van der Waals surface area contributed by atoms with Crippen LogP contribution in [0.4, 0.5) is 13.2 Å². The number of rotatable bonds is 4. The molecule has 0 N–H and O–H groups in total. The molecule has 1 saturated heterocycles. The van der Waals surface area contributed by atoms with Crippen LogP contribution in [0.5, 0.6) is 0 Å². The summed E-state index contributed by atoms with van der Waals surface area (Å²) in [6, 6.07) is 18.0. The fraction of sp³-hybridized carbons (Fsp3) is 0.238. The molecule has 1 fully saturated rings. The molecule has 0 radical (unpaired) electrons. The summed E-state index contributed by atoms with van der Waals surface area (Å²) in [4.78, 5) is 1.38. The highest BCUT2D eigenvalue weighted by atomic mass is 19.4. The van der Waals surface area contributed by atoms with E-state index in [1.54, 1.807) is 42.5 Å². The van der Waals surface area contributed by atoms with Crippen LogP contribution in [0.1, 0.15) is 11.1 Å². The Morgan fingerprint density at radius 2 is 1.46 bits per heavy atom. The lowest BCUT2D eigenvalue weighted by molar-refractivity contribution is -0.117. The number of alkyl halides is 3. The second-order valence-corrected chi connectivity index (χ2v) is 5.97. The highest BCUT2D eigenvalue weighted by Crippen LogP contribution is 2.36. The van der Waals surface area contributed by atoms with Crippen LogP contribution in [0.15, 0.2) is 72.4 Å². The standard InChI is InChI=1S/C21H20F3NO/c22-21(23,24)20(25-13-15-26-16-14-25)19(18-9-5-2-6-10-18)12-11-17-7-3-1-4-8-17/h1-12H,13-16H2/b12-11+,20-19-. The highest BCUT2D eigenvalue weighted by molar-refractivity contribution is 5.81. The third kappa shape index (κ3) is 4.55. The molecule has 136 valence electrons. The summed E-state index contributed by atoms with van der Waals surface area (Å²) in [5, 5.41) is 0. The Kier molecular flexibility index (Phi) is 5.78. The van der Waals surface area contributed by atoms with Gasteiger partial charge in [0.15, 0.2) is 0 Å². The van der Waals surface area contributed by atoms with Crippen LogP contribution in [0.3, 0.4) is 0 Å². The van der Waals surface area contributed by atoms with Crippen molar-refractivity contribution in [1.29, 1.82) is 0 Å². The molecule has 0 spiro atoms. The van der Waals surface area contributed by atoms with Crippen molar-refractivity contribution in [1.82, 2.24) is 4.90 Å². The fourth-order valence-corrected chi connectivity index (χ4v) is 2.96. The molecule has 0 amide bonds. The van der Waals surface area contributed by atoms with Crippen molar-refractivity contribution in [3.63, 3.8) is 0 Å². The maximum atomic E-state index is 14.0. The van der Waals surface area contributed by atoms with Crippen molar-refractivity contribution >= 4 is 11.6 Å². The van der Waals surface area contributed by atoms with E-state index >= 15 is 0 Å². The van der Waals surface area contributed by atoms with E-state index in [0.29, 0.717) is 18.8 Å². The van der Waals surface area contributed by atoms with Crippen molar-refractivity contribution < 1.29 is 17.9 Å². The fourth-order valence-electron chi connectivity index (χ4n) is 2.96. The van der Waals surface area contributed by atoms with Gasteiger partial charge in [-0.3, -0.25) is 0 Å². The number of hydrogen-bond acceptors (Lipinski definition) is 2. The maximum Gasteiger partial charge on any atom is 0.431 e. The van der Waals surface area contributed by atoms with Crippen LogP contribution in [-0.4, -0.2) is 37.4 Å². The molecule has 3 rings (SSSR count). The van der Waals surface area contributed by atoms with Crippen molar-refractivity contribution in [2.24, 2.45) is 0 Å². The van der Waals surface area contributed by atoms with Gasteiger partial charge >= 0.3 is 6.18 Å². The zero-order valence-corrected chi connectivity index (χ0v) is 14.2. The predicted molar refractivity (Wildman–Crippen MR) is 97.3 cm³/mol. The topological polar surface area (TPSA) is 12.5 Å². The number of allylic oxidation sites excluding steroid dienone is 3. The first-order valence-corrected chi connectivity index (χ1v) is 8.48. The highest BCUT2D eigenvalue weighted by Gasteiger charge is 2.40. The van der Waals surface area contributed by atoms with E-state index in [2.05, 4.69) is 0 Å². The number of halogens is 3. The zero-order chi connectivity index (χ0) is 18.4. The number of nitrogens with zero attached hydrogens (tertiary/aromatic N) is 1. The van der Waals surface area contributed by atoms with Crippen LogP contribution in [0.2, 0.25) is 0 Å². The summed E-state index contributed by atoms with van der Waals surface area (Å²) in [6.45, 7) is 1.04. The first-order valence-electron chi connectivity index (χ1n) is 8.48. The van der Waals surface area contributed by atoms with E-state index in [-0.39, 0.29) is 18.7 Å². The first kappa shape index (κ1) is 18.3. The van der Waals surface area contributed by atoms with Crippen molar-refractivity contribution in [2.45, 2.75) is 6.18 Å². The van der Waals surface area contributed by atoms with Crippen LogP contribution >= 0.6 is 0 Å². The van der Waals surface area contributed by atoms with Gasteiger partial charge in [-0.05, 0) is 11.1 Å². The summed E-state index contributed by atoms with van der Waals surface area (Å²) < 4.78 is 47.2. The number of benzene rings is 2. The molecule has 2 aromatic carbocycles. The van der Waals surface area contributed by atoms with Crippen molar-refractivity contribution in [3.8, 4) is 0 Å². The molecular formula is C21H20F3NO. The minimum atomic E-state index is -4.45. The second-order valence-electron chi connectivity index (χ2n) is 5.97. The maximum absolute atomic E-state index is 14.0. The summed E-state index contributed by atoms with van der Waals surface area (Å²) >= 11 is 0. The van der Waals surface area contributed by atoms with Gasteiger partial charge in [0.1, 0.15) is 5.70 Å². The Bertz CT molecular complexity index is 761. The minimum Gasteiger partial charge on any atom is -0.378 e. The predicted octanol–water partition coefficient (Wildman–Crippen LogP) is 5.01. The van der Waals surface area contributed by atoms with E-state index < -0.39 is 11.9 Å². The Labute approximate surface area is 151 Å². The SMILES string of the molecule is FC(F)(F)/C(=C(\C=C\c1ccccc1)c1ccccc1)N1CCOCC1. The normalized spacial score (nSPS) is 16.7. The van der Waals surface area contributed by atoms with Crippen LogP contribution in [0.25, 0.3) is 11.6 Å².